The lowest BCUT2D eigenvalue weighted by molar-refractivity contribution is 0.990. The van der Waals surface area contributed by atoms with Gasteiger partial charge >= 0.3 is 0 Å². The summed E-state index contributed by atoms with van der Waals surface area (Å²) < 4.78 is 0. The number of allylic oxidation sites excluding steroid dienone is 1. The second kappa shape index (κ2) is 6.59. The van der Waals surface area contributed by atoms with E-state index >= 15 is 0 Å². The van der Waals surface area contributed by atoms with Gasteiger partial charge in [-0.3, -0.25) is 4.98 Å². The van der Waals surface area contributed by atoms with Crippen LogP contribution in [0.4, 0.5) is 0 Å². The molecule has 166 valence electrons. The maximum atomic E-state index is 4.89. The van der Waals surface area contributed by atoms with Crippen LogP contribution in [-0.2, 0) is 6.42 Å². The summed E-state index contributed by atoms with van der Waals surface area (Å²) >= 11 is 0. The zero-order valence-corrected chi connectivity index (χ0v) is 19.7. The summed E-state index contributed by atoms with van der Waals surface area (Å²) in [6, 6.07) is 31.6. The van der Waals surface area contributed by atoms with Crippen molar-refractivity contribution in [3.8, 4) is 33.5 Å². The molecule has 6 aromatic carbocycles. The molecule has 1 heteroatoms. The Kier molecular flexibility index (Phi) is 3.44. The van der Waals surface area contributed by atoms with Crippen molar-refractivity contribution in [1.29, 1.82) is 0 Å². The smallest absolute Gasteiger partial charge is 0.0789 e. The summed E-state index contributed by atoms with van der Waals surface area (Å²) in [7, 11) is 0. The van der Waals surface area contributed by atoms with Crippen molar-refractivity contribution in [2.45, 2.75) is 12.8 Å². The van der Waals surface area contributed by atoms with Crippen LogP contribution in [0.15, 0.2) is 97.2 Å². The van der Waals surface area contributed by atoms with Crippen LogP contribution in [0.3, 0.4) is 0 Å². The molecule has 0 saturated carbocycles. The first-order chi connectivity index (χ1) is 17.9. The van der Waals surface area contributed by atoms with Crippen LogP contribution in [0, 0.1) is 0 Å². The normalized spacial score (nSPS) is 13.8. The third-order valence-electron chi connectivity index (χ3n) is 8.46. The second-order valence-corrected chi connectivity index (χ2v) is 10.2. The van der Waals surface area contributed by atoms with Crippen LogP contribution in [0.5, 0.6) is 0 Å². The van der Waals surface area contributed by atoms with Gasteiger partial charge in [0.2, 0.25) is 0 Å². The summed E-state index contributed by atoms with van der Waals surface area (Å²) in [6.07, 6.45) is 8.79. The number of nitrogens with zero attached hydrogens (tertiary/aromatic N) is 1. The summed E-state index contributed by atoms with van der Waals surface area (Å²) in [5, 5.41) is 10.7. The molecular weight excluding hydrogens is 434 g/mol. The van der Waals surface area contributed by atoms with E-state index in [1.165, 1.54) is 82.0 Å². The Bertz CT molecular complexity index is 2080. The van der Waals surface area contributed by atoms with Crippen molar-refractivity contribution in [3.63, 3.8) is 0 Å². The molecule has 36 heavy (non-hydrogen) atoms. The monoisotopic (exact) mass is 455 g/mol. The van der Waals surface area contributed by atoms with Crippen LogP contribution in [0.1, 0.15) is 17.5 Å². The Morgan fingerprint density at radius 1 is 0.556 bits per heavy atom. The van der Waals surface area contributed by atoms with Gasteiger partial charge in [-0.2, -0.15) is 0 Å². The minimum atomic E-state index is 1.06. The van der Waals surface area contributed by atoms with Crippen molar-refractivity contribution in [3.05, 3.63) is 108 Å². The van der Waals surface area contributed by atoms with E-state index in [0.29, 0.717) is 0 Å². The van der Waals surface area contributed by atoms with E-state index in [2.05, 4.69) is 97.1 Å². The molecule has 0 amide bonds. The lowest BCUT2D eigenvalue weighted by Gasteiger charge is -2.23. The fourth-order valence-electron chi connectivity index (χ4n) is 7.04. The van der Waals surface area contributed by atoms with Gasteiger partial charge in [0.25, 0.3) is 0 Å². The first kappa shape index (κ1) is 18.8. The van der Waals surface area contributed by atoms with Gasteiger partial charge in [0.05, 0.1) is 5.69 Å². The minimum Gasteiger partial charge on any atom is -0.256 e. The van der Waals surface area contributed by atoms with E-state index in [-0.39, 0.29) is 0 Å². The molecule has 2 aliphatic rings. The Balaban J connectivity index is 1.50. The molecule has 1 aromatic heterocycles. The fourth-order valence-corrected chi connectivity index (χ4v) is 7.04. The Morgan fingerprint density at radius 2 is 1.33 bits per heavy atom. The van der Waals surface area contributed by atoms with E-state index < -0.39 is 0 Å². The second-order valence-electron chi connectivity index (χ2n) is 10.2. The van der Waals surface area contributed by atoms with Crippen molar-refractivity contribution >= 4 is 49.2 Å². The van der Waals surface area contributed by atoms with Crippen LogP contribution in [0.25, 0.3) is 82.7 Å². The van der Waals surface area contributed by atoms with E-state index in [4.69, 9.17) is 4.98 Å². The maximum absolute atomic E-state index is 4.89. The van der Waals surface area contributed by atoms with Gasteiger partial charge < -0.3 is 0 Å². The van der Waals surface area contributed by atoms with E-state index in [1.807, 2.05) is 6.20 Å². The SMILES string of the molecule is C1=Cc2c(c3c4c(cccc4c2-c2ccc4ccc5cccc6ccc2c4c56)-c2cccnc2-3)CC1. The molecule has 0 unspecified atom stereocenters. The van der Waals surface area contributed by atoms with Crippen LogP contribution in [-0.4, -0.2) is 4.98 Å². The lowest BCUT2D eigenvalue weighted by atomic mass is 9.80. The fraction of sp³-hybridized carbons (Fsp3) is 0.0571. The highest BCUT2D eigenvalue weighted by Crippen LogP contribution is 2.54. The van der Waals surface area contributed by atoms with Gasteiger partial charge in [-0.25, -0.2) is 0 Å². The highest BCUT2D eigenvalue weighted by molar-refractivity contribution is 6.28. The Labute approximate surface area is 208 Å². The largest absolute Gasteiger partial charge is 0.256 e. The maximum Gasteiger partial charge on any atom is 0.0789 e. The predicted octanol–water partition coefficient (Wildman–Crippen LogP) is 9.41. The summed E-state index contributed by atoms with van der Waals surface area (Å²) in [4.78, 5) is 4.89. The molecule has 2 aliphatic carbocycles. The molecular formula is C35H21N. The molecule has 0 spiro atoms. The highest BCUT2D eigenvalue weighted by Gasteiger charge is 2.30. The zero-order chi connectivity index (χ0) is 23.4. The summed E-state index contributed by atoms with van der Waals surface area (Å²) in [5.41, 5.74) is 10.6. The molecule has 0 N–H and O–H groups in total. The zero-order valence-electron chi connectivity index (χ0n) is 19.7. The van der Waals surface area contributed by atoms with E-state index in [0.717, 1.165) is 18.5 Å². The number of pyridine rings is 1. The molecule has 0 saturated heterocycles. The standard InChI is InChI=1S/C35H21N/c1-2-9-24-23(8-1)32(29-11-4-10-25-28-12-5-19-36-35(28)34(24)33(25)29)27-18-16-22-14-13-20-6-3-7-21-15-17-26(27)31(22)30(20)21/h1,3-8,10-19H,2,9H2. The van der Waals surface area contributed by atoms with E-state index in [9.17, 15) is 0 Å². The number of fused-ring (bicyclic) bond motifs is 5. The van der Waals surface area contributed by atoms with E-state index in [1.54, 1.807) is 0 Å². The molecule has 1 heterocycles. The molecule has 0 atom stereocenters. The molecule has 9 rings (SSSR count). The number of rotatable bonds is 1. The first-order valence-corrected chi connectivity index (χ1v) is 12.8. The Morgan fingerprint density at radius 3 is 2.25 bits per heavy atom. The van der Waals surface area contributed by atoms with Crippen LogP contribution >= 0.6 is 0 Å². The van der Waals surface area contributed by atoms with Crippen molar-refractivity contribution in [1.82, 2.24) is 4.98 Å². The molecule has 0 bridgehead atoms. The van der Waals surface area contributed by atoms with Gasteiger partial charge in [-0.15, -0.1) is 0 Å². The first-order valence-electron chi connectivity index (χ1n) is 12.8. The number of aromatic nitrogens is 1. The van der Waals surface area contributed by atoms with Crippen molar-refractivity contribution in [2.24, 2.45) is 0 Å². The topological polar surface area (TPSA) is 12.9 Å². The molecule has 0 radical (unpaired) electrons. The lowest BCUT2D eigenvalue weighted by Crippen LogP contribution is -2.02. The number of hydrogen-bond donors (Lipinski definition) is 0. The average molecular weight is 456 g/mol. The minimum absolute atomic E-state index is 1.06. The van der Waals surface area contributed by atoms with Crippen LogP contribution < -0.4 is 0 Å². The van der Waals surface area contributed by atoms with Crippen molar-refractivity contribution in [2.75, 3.05) is 0 Å². The van der Waals surface area contributed by atoms with Gasteiger partial charge in [0.15, 0.2) is 0 Å². The van der Waals surface area contributed by atoms with Gasteiger partial charge in [0.1, 0.15) is 0 Å². The highest BCUT2D eigenvalue weighted by atomic mass is 14.7. The van der Waals surface area contributed by atoms with Gasteiger partial charge in [-0.1, -0.05) is 91.0 Å². The number of hydrogen-bond acceptors (Lipinski definition) is 1. The van der Waals surface area contributed by atoms with Gasteiger partial charge in [0, 0.05) is 17.3 Å². The third-order valence-corrected chi connectivity index (χ3v) is 8.46. The Hall–Kier alpha value is -4.49. The predicted molar refractivity (Wildman–Crippen MR) is 153 cm³/mol. The molecule has 0 fully saturated rings. The average Bonchev–Trinajstić information content (AvgIpc) is 3.28. The van der Waals surface area contributed by atoms with Crippen molar-refractivity contribution < 1.29 is 0 Å². The summed E-state index contributed by atoms with van der Waals surface area (Å²) in [6.45, 7) is 0. The van der Waals surface area contributed by atoms with Gasteiger partial charge in [-0.05, 0) is 89.8 Å². The van der Waals surface area contributed by atoms with Crippen LogP contribution in [0.2, 0.25) is 0 Å². The molecule has 1 nitrogen and oxygen atoms in total. The molecule has 7 aromatic rings. The third kappa shape index (κ3) is 2.20. The summed E-state index contributed by atoms with van der Waals surface area (Å²) in [5.74, 6) is 0. The number of benzene rings is 6. The molecule has 0 aliphatic heterocycles. The quantitative estimate of drug-likeness (QED) is 0.225.